The topological polar surface area (TPSA) is 68.7 Å². The van der Waals surface area contributed by atoms with Crippen molar-refractivity contribution in [2.75, 3.05) is 4.90 Å². The molecule has 2 aromatic rings. The molecule has 0 aliphatic rings. The van der Waals surface area contributed by atoms with E-state index >= 15 is 0 Å². The summed E-state index contributed by atoms with van der Waals surface area (Å²) in [5, 5.41) is 2.27. The third-order valence-corrected chi connectivity index (χ3v) is 5.08. The van der Waals surface area contributed by atoms with Crippen LogP contribution in [0.15, 0.2) is 22.8 Å². The van der Waals surface area contributed by atoms with E-state index in [-0.39, 0.29) is 5.82 Å². The van der Waals surface area contributed by atoms with Crippen LogP contribution in [0.25, 0.3) is 10.8 Å². The molecule has 1 aromatic carbocycles. The van der Waals surface area contributed by atoms with Crippen LogP contribution in [0.3, 0.4) is 0 Å². The summed E-state index contributed by atoms with van der Waals surface area (Å²) in [5.41, 5.74) is -0.773. The highest BCUT2D eigenvalue weighted by Gasteiger charge is 2.35. The Labute approximate surface area is 192 Å². The van der Waals surface area contributed by atoms with Gasteiger partial charge in [0, 0.05) is 31.8 Å². The van der Waals surface area contributed by atoms with Gasteiger partial charge in [0.1, 0.15) is 11.2 Å². The first-order chi connectivity index (χ1) is 13.2. The Bertz CT molecular complexity index is 924. The lowest BCUT2D eigenvalue weighted by Gasteiger charge is -2.28. The van der Waals surface area contributed by atoms with Crippen molar-refractivity contribution >= 4 is 72.2 Å². The van der Waals surface area contributed by atoms with E-state index in [0.29, 0.717) is 20.2 Å². The summed E-state index contributed by atoms with van der Waals surface area (Å²) < 4.78 is 11.6. The van der Waals surface area contributed by atoms with E-state index in [0.717, 1.165) is 15.8 Å². The molecule has 158 valence electrons. The molecule has 0 spiro atoms. The molecule has 0 radical (unpaired) electrons. The first-order valence-corrected chi connectivity index (χ1v) is 11.1. The predicted molar refractivity (Wildman–Crippen MR) is 122 cm³/mol. The standard InChI is InChI=1S/C20H23Br2ClN2O4/c1-19(2,3)28-17(26)25(18(27)29-20(4,5)6)16-13-8-15(23)11(9-21)7-12(13)14(22)10-24-16/h7-8,10H,9H2,1-6H3. The SMILES string of the molecule is CC(C)(C)OC(=O)N(C(=O)OC(C)(C)C)c1ncc(Br)c2cc(CBr)c(Cl)cc12. The largest absolute Gasteiger partial charge is 0.443 e. The molecular formula is C20H23Br2ClN2O4. The molecule has 0 fully saturated rings. The zero-order valence-electron chi connectivity index (χ0n) is 17.1. The number of nitrogens with zero attached hydrogens (tertiary/aromatic N) is 2. The zero-order valence-corrected chi connectivity index (χ0v) is 21.0. The summed E-state index contributed by atoms with van der Waals surface area (Å²) in [6.45, 7) is 10.3. The fourth-order valence-electron chi connectivity index (χ4n) is 2.40. The molecule has 0 aliphatic heterocycles. The summed E-state index contributed by atoms with van der Waals surface area (Å²) in [6.07, 6.45) is -0.252. The minimum atomic E-state index is -0.886. The van der Waals surface area contributed by atoms with Gasteiger partial charge in [-0.25, -0.2) is 14.6 Å². The first-order valence-electron chi connectivity index (χ1n) is 8.82. The second-order valence-corrected chi connectivity index (χ2v) is 10.2. The van der Waals surface area contributed by atoms with Crippen molar-refractivity contribution < 1.29 is 19.1 Å². The Kier molecular flexibility index (Phi) is 7.23. The lowest BCUT2D eigenvalue weighted by molar-refractivity contribution is 0.0429. The molecule has 0 aliphatic carbocycles. The van der Waals surface area contributed by atoms with Gasteiger partial charge in [-0.1, -0.05) is 27.5 Å². The van der Waals surface area contributed by atoms with Crippen LogP contribution in [0, 0.1) is 0 Å². The first kappa shape index (κ1) is 23.9. The van der Waals surface area contributed by atoms with Crippen molar-refractivity contribution in [3.05, 3.63) is 33.4 Å². The molecule has 2 amide bonds. The van der Waals surface area contributed by atoms with Crippen molar-refractivity contribution in [1.29, 1.82) is 0 Å². The van der Waals surface area contributed by atoms with Crippen molar-refractivity contribution in [1.82, 2.24) is 4.98 Å². The van der Waals surface area contributed by atoms with E-state index in [9.17, 15) is 9.59 Å². The van der Waals surface area contributed by atoms with Crippen LogP contribution in [0.2, 0.25) is 5.02 Å². The van der Waals surface area contributed by atoms with Crippen LogP contribution in [-0.4, -0.2) is 28.4 Å². The number of hydrogen-bond acceptors (Lipinski definition) is 5. The van der Waals surface area contributed by atoms with E-state index in [1.807, 2.05) is 6.07 Å². The van der Waals surface area contributed by atoms with Gasteiger partial charge in [-0.2, -0.15) is 4.90 Å². The Morgan fingerprint density at radius 3 is 2.00 bits per heavy atom. The Morgan fingerprint density at radius 1 is 1.03 bits per heavy atom. The van der Waals surface area contributed by atoms with Gasteiger partial charge in [-0.3, -0.25) is 0 Å². The summed E-state index contributed by atoms with van der Waals surface area (Å²) in [5.74, 6) is 0.0784. The molecule has 1 heterocycles. The molecule has 29 heavy (non-hydrogen) atoms. The normalized spacial score (nSPS) is 12.0. The predicted octanol–water partition coefficient (Wildman–Crippen LogP) is 7.22. The Morgan fingerprint density at radius 2 is 1.55 bits per heavy atom. The Balaban J connectivity index is 2.71. The number of hydrogen-bond donors (Lipinski definition) is 0. The number of imide groups is 1. The summed E-state index contributed by atoms with van der Waals surface area (Å²) in [6, 6.07) is 3.53. The number of amides is 2. The highest BCUT2D eigenvalue weighted by molar-refractivity contribution is 9.10. The smallest absolute Gasteiger partial charge is 0.425 e. The van der Waals surface area contributed by atoms with Gasteiger partial charge in [0.25, 0.3) is 0 Å². The number of anilines is 1. The van der Waals surface area contributed by atoms with Crippen molar-refractivity contribution in [2.45, 2.75) is 58.1 Å². The highest BCUT2D eigenvalue weighted by Crippen LogP contribution is 2.36. The molecule has 0 N–H and O–H groups in total. The second kappa shape index (κ2) is 8.78. The van der Waals surface area contributed by atoms with Gasteiger partial charge in [0.15, 0.2) is 5.82 Å². The van der Waals surface area contributed by atoms with Gasteiger partial charge in [-0.05, 0) is 75.2 Å². The maximum Gasteiger partial charge on any atom is 0.425 e. The average molecular weight is 551 g/mol. The van der Waals surface area contributed by atoms with Gasteiger partial charge in [-0.15, -0.1) is 0 Å². The van der Waals surface area contributed by atoms with E-state index in [2.05, 4.69) is 36.8 Å². The number of carbonyl (C=O) groups is 2. The van der Waals surface area contributed by atoms with E-state index in [1.54, 1.807) is 47.6 Å². The summed E-state index contributed by atoms with van der Waals surface area (Å²) in [4.78, 5) is 31.0. The third-order valence-electron chi connectivity index (χ3n) is 3.49. The van der Waals surface area contributed by atoms with Gasteiger partial charge >= 0.3 is 12.2 Å². The average Bonchev–Trinajstić information content (AvgIpc) is 2.53. The fourth-order valence-corrected chi connectivity index (χ4v) is 3.69. The molecule has 0 unspecified atom stereocenters. The molecule has 0 saturated carbocycles. The number of aromatic nitrogens is 1. The van der Waals surface area contributed by atoms with Crippen molar-refractivity contribution in [3.63, 3.8) is 0 Å². The van der Waals surface area contributed by atoms with Crippen LogP contribution < -0.4 is 4.90 Å². The van der Waals surface area contributed by atoms with Gasteiger partial charge in [0.2, 0.25) is 0 Å². The molecule has 2 rings (SSSR count). The van der Waals surface area contributed by atoms with Crippen LogP contribution in [0.4, 0.5) is 15.4 Å². The molecular weight excluding hydrogens is 527 g/mol. The van der Waals surface area contributed by atoms with E-state index in [4.69, 9.17) is 21.1 Å². The minimum Gasteiger partial charge on any atom is -0.443 e. The number of halogens is 3. The molecule has 6 nitrogen and oxygen atoms in total. The number of pyridine rings is 1. The van der Waals surface area contributed by atoms with Crippen LogP contribution in [-0.2, 0) is 14.8 Å². The second-order valence-electron chi connectivity index (χ2n) is 8.35. The van der Waals surface area contributed by atoms with Gasteiger partial charge in [0.05, 0.1) is 0 Å². The van der Waals surface area contributed by atoms with Gasteiger partial charge < -0.3 is 9.47 Å². The quantitative estimate of drug-likeness (QED) is 0.369. The molecule has 0 bridgehead atoms. The van der Waals surface area contributed by atoms with Crippen molar-refractivity contribution in [2.24, 2.45) is 0 Å². The summed E-state index contributed by atoms with van der Waals surface area (Å²) >= 11 is 13.3. The number of alkyl halides is 1. The Hall–Kier alpha value is -1.38. The van der Waals surface area contributed by atoms with Crippen LogP contribution in [0.1, 0.15) is 47.1 Å². The maximum atomic E-state index is 12.9. The van der Waals surface area contributed by atoms with Crippen molar-refractivity contribution in [3.8, 4) is 0 Å². The molecule has 1 aromatic heterocycles. The molecule has 0 saturated heterocycles. The summed E-state index contributed by atoms with van der Waals surface area (Å²) in [7, 11) is 0. The lowest BCUT2D eigenvalue weighted by atomic mass is 10.1. The lowest BCUT2D eigenvalue weighted by Crippen LogP contribution is -2.44. The number of fused-ring (bicyclic) bond motifs is 1. The van der Waals surface area contributed by atoms with Crippen LogP contribution in [0.5, 0.6) is 0 Å². The van der Waals surface area contributed by atoms with E-state index in [1.165, 1.54) is 6.20 Å². The molecule has 0 atom stereocenters. The maximum absolute atomic E-state index is 12.9. The fraction of sp³-hybridized carbons (Fsp3) is 0.450. The number of ether oxygens (including phenoxy) is 2. The zero-order chi connectivity index (χ0) is 22.1. The highest BCUT2D eigenvalue weighted by atomic mass is 79.9. The number of benzene rings is 1. The number of carbonyl (C=O) groups excluding carboxylic acids is 2. The van der Waals surface area contributed by atoms with Crippen LogP contribution >= 0.6 is 43.5 Å². The van der Waals surface area contributed by atoms with E-state index < -0.39 is 23.4 Å². The molecule has 9 heteroatoms. The number of rotatable bonds is 2. The third kappa shape index (κ3) is 6.06. The minimum absolute atomic E-state index is 0.0784. The monoisotopic (exact) mass is 548 g/mol.